The summed E-state index contributed by atoms with van der Waals surface area (Å²) >= 11 is 0. The van der Waals surface area contributed by atoms with E-state index in [1.165, 1.54) is 0 Å². The van der Waals surface area contributed by atoms with E-state index in [2.05, 4.69) is 18.1 Å². The first-order chi connectivity index (χ1) is 7.97. The number of nitrogens with zero attached hydrogens (tertiary/aromatic N) is 2. The fourth-order valence-electron chi connectivity index (χ4n) is 1.40. The number of imidazole rings is 1. The first-order valence-electron chi connectivity index (χ1n) is 5.42. The molecule has 1 rings (SSSR count). The van der Waals surface area contributed by atoms with E-state index in [0.717, 1.165) is 17.2 Å². The summed E-state index contributed by atoms with van der Waals surface area (Å²) in [4.78, 5) is 15.7. The molecule has 0 aliphatic heterocycles. The van der Waals surface area contributed by atoms with E-state index in [9.17, 15) is 4.79 Å². The molecule has 0 atom stereocenters. The van der Waals surface area contributed by atoms with Crippen LogP contribution in [0.5, 0.6) is 0 Å². The summed E-state index contributed by atoms with van der Waals surface area (Å²) in [6.07, 6.45) is 2.50. The van der Waals surface area contributed by atoms with Crippen LogP contribution in [0, 0.1) is 6.92 Å². The number of rotatable bonds is 5. The van der Waals surface area contributed by atoms with Gasteiger partial charge in [0.25, 0.3) is 0 Å². The van der Waals surface area contributed by atoms with Gasteiger partial charge in [-0.15, -0.1) is 6.58 Å². The molecule has 0 saturated carbocycles. The van der Waals surface area contributed by atoms with Gasteiger partial charge in [-0.05, 0) is 13.8 Å². The monoisotopic (exact) mass is 234 g/mol. The van der Waals surface area contributed by atoms with Crippen LogP contribution in [0.1, 0.15) is 24.1 Å². The molecule has 92 valence electrons. The maximum Gasteiger partial charge on any atom is 0.333 e. The van der Waals surface area contributed by atoms with Crippen LogP contribution in [0.3, 0.4) is 0 Å². The SMILES string of the molecule is C=CCc1nc(COC(=O)C(=C)C)c(C)n1C. The lowest BCUT2D eigenvalue weighted by Crippen LogP contribution is -2.06. The third-order valence-corrected chi connectivity index (χ3v) is 2.59. The van der Waals surface area contributed by atoms with Crippen LogP contribution in [-0.2, 0) is 29.6 Å². The second-order valence-corrected chi connectivity index (χ2v) is 3.97. The Kier molecular flexibility index (Phi) is 4.26. The van der Waals surface area contributed by atoms with Gasteiger partial charge >= 0.3 is 5.97 Å². The molecule has 0 amide bonds. The van der Waals surface area contributed by atoms with Gasteiger partial charge in [-0.1, -0.05) is 12.7 Å². The van der Waals surface area contributed by atoms with E-state index in [1.807, 2.05) is 18.5 Å². The molecular weight excluding hydrogens is 216 g/mol. The van der Waals surface area contributed by atoms with Crippen molar-refractivity contribution >= 4 is 5.97 Å². The van der Waals surface area contributed by atoms with Crippen LogP contribution in [0.2, 0.25) is 0 Å². The third-order valence-electron chi connectivity index (χ3n) is 2.59. The molecule has 0 aromatic carbocycles. The van der Waals surface area contributed by atoms with Gasteiger partial charge in [0.2, 0.25) is 0 Å². The molecular formula is C13H18N2O2. The summed E-state index contributed by atoms with van der Waals surface area (Å²) in [5, 5.41) is 0. The standard InChI is InChI=1S/C13H18N2O2/c1-6-7-12-14-11(10(4)15(12)5)8-17-13(16)9(2)3/h6H,1-2,7-8H2,3-5H3. The largest absolute Gasteiger partial charge is 0.456 e. The summed E-state index contributed by atoms with van der Waals surface area (Å²) in [6.45, 7) is 11.0. The summed E-state index contributed by atoms with van der Waals surface area (Å²) in [6, 6.07) is 0. The predicted molar refractivity (Wildman–Crippen MR) is 66.5 cm³/mol. The van der Waals surface area contributed by atoms with E-state index < -0.39 is 0 Å². The minimum Gasteiger partial charge on any atom is -0.456 e. The smallest absolute Gasteiger partial charge is 0.333 e. The first-order valence-corrected chi connectivity index (χ1v) is 5.42. The average Bonchev–Trinajstić information content (AvgIpc) is 2.54. The highest BCUT2D eigenvalue weighted by Gasteiger charge is 2.12. The van der Waals surface area contributed by atoms with Gasteiger partial charge in [-0.2, -0.15) is 0 Å². The summed E-state index contributed by atoms with van der Waals surface area (Å²) in [7, 11) is 1.94. The molecule has 0 aliphatic rings. The molecule has 17 heavy (non-hydrogen) atoms. The highest BCUT2D eigenvalue weighted by atomic mass is 16.5. The molecule has 0 radical (unpaired) electrons. The Bertz CT molecular complexity index is 458. The topological polar surface area (TPSA) is 44.1 Å². The molecule has 4 nitrogen and oxygen atoms in total. The number of carbonyl (C=O) groups excluding carboxylic acids is 1. The number of carbonyl (C=O) groups is 1. The number of hydrogen-bond donors (Lipinski definition) is 0. The highest BCUT2D eigenvalue weighted by Crippen LogP contribution is 2.12. The van der Waals surface area contributed by atoms with Gasteiger partial charge in [-0.25, -0.2) is 9.78 Å². The Balaban J connectivity index is 2.78. The number of allylic oxidation sites excluding steroid dienone is 1. The van der Waals surface area contributed by atoms with E-state index >= 15 is 0 Å². The lowest BCUT2D eigenvalue weighted by molar-refractivity contribution is -0.140. The molecule has 0 N–H and O–H groups in total. The lowest BCUT2D eigenvalue weighted by Gasteiger charge is -2.03. The normalized spacial score (nSPS) is 10.1. The molecule has 1 aromatic rings. The zero-order chi connectivity index (χ0) is 13.0. The van der Waals surface area contributed by atoms with Crippen LogP contribution in [0.4, 0.5) is 0 Å². The van der Waals surface area contributed by atoms with Gasteiger partial charge in [0.15, 0.2) is 0 Å². The van der Waals surface area contributed by atoms with Crippen molar-refractivity contribution < 1.29 is 9.53 Å². The van der Waals surface area contributed by atoms with E-state index in [0.29, 0.717) is 12.0 Å². The van der Waals surface area contributed by atoms with Crippen molar-refractivity contribution in [3.8, 4) is 0 Å². The number of esters is 1. The molecule has 0 spiro atoms. The van der Waals surface area contributed by atoms with Gasteiger partial charge < -0.3 is 9.30 Å². The molecule has 0 fully saturated rings. The molecule has 0 saturated heterocycles. The van der Waals surface area contributed by atoms with Crippen LogP contribution >= 0.6 is 0 Å². The summed E-state index contributed by atoms with van der Waals surface area (Å²) in [5.41, 5.74) is 2.17. The van der Waals surface area contributed by atoms with Crippen molar-refractivity contribution in [3.63, 3.8) is 0 Å². The van der Waals surface area contributed by atoms with Crippen molar-refractivity contribution in [2.45, 2.75) is 26.9 Å². The van der Waals surface area contributed by atoms with Crippen LogP contribution in [0.15, 0.2) is 24.8 Å². The summed E-state index contributed by atoms with van der Waals surface area (Å²) < 4.78 is 7.05. The Morgan fingerprint density at radius 2 is 2.24 bits per heavy atom. The highest BCUT2D eigenvalue weighted by molar-refractivity contribution is 5.86. The predicted octanol–water partition coefficient (Wildman–Crippen LogP) is 2.08. The first kappa shape index (κ1) is 13.2. The Morgan fingerprint density at radius 3 is 2.76 bits per heavy atom. The Hall–Kier alpha value is -1.84. The van der Waals surface area contributed by atoms with E-state index in [4.69, 9.17) is 4.74 Å². The fourth-order valence-corrected chi connectivity index (χ4v) is 1.40. The maximum atomic E-state index is 11.3. The van der Waals surface area contributed by atoms with Crippen LogP contribution in [0.25, 0.3) is 0 Å². The molecule has 0 unspecified atom stereocenters. The molecule has 4 heteroatoms. The van der Waals surface area contributed by atoms with Crippen molar-refractivity contribution in [2.75, 3.05) is 0 Å². The third kappa shape index (κ3) is 3.06. The van der Waals surface area contributed by atoms with Crippen molar-refractivity contribution in [3.05, 3.63) is 42.0 Å². The summed E-state index contributed by atoms with van der Waals surface area (Å²) in [5.74, 6) is 0.527. The average molecular weight is 234 g/mol. The zero-order valence-electron chi connectivity index (χ0n) is 10.6. The maximum absolute atomic E-state index is 11.3. The minimum atomic E-state index is -0.389. The molecule has 1 heterocycles. The number of ether oxygens (including phenoxy) is 1. The van der Waals surface area contributed by atoms with E-state index in [1.54, 1.807) is 13.0 Å². The van der Waals surface area contributed by atoms with Crippen molar-refractivity contribution in [2.24, 2.45) is 7.05 Å². The fraction of sp³-hybridized carbons (Fsp3) is 0.385. The quantitative estimate of drug-likeness (QED) is 0.445. The number of hydrogen-bond acceptors (Lipinski definition) is 3. The number of aromatic nitrogens is 2. The van der Waals surface area contributed by atoms with E-state index in [-0.39, 0.29) is 12.6 Å². The minimum absolute atomic E-state index is 0.183. The van der Waals surface area contributed by atoms with Gasteiger partial charge in [0, 0.05) is 24.7 Å². The second kappa shape index (κ2) is 5.48. The molecule has 0 bridgehead atoms. The zero-order valence-corrected chi connectivity index (χ0v) is 10.6. The van der Waals surface area contributed by atoms with Crippen LogP contribution in [-0.4, -0.2) is 15.5 Å². The molecule has 0 aliphatic carbocycles. The molecule has 1 aromatic heterocycles. The Morgan fingerprint density at radius 1 is 1.59 bits per heavy atom. The van der Waals surface area contributed by atoms with Gasteiger partial charge in [0.05, 0.1) is 5.69 Å². The second-order valence-electron chi connectivity index (χ2n) is 3.97. The Labute approximate surface area is 102 Å². The van der Waals surface area contributed by atoms with Gasteiger partial charge in [-0.3, -0.25) is 0 Å². The van der Waals surface area contributed by atoms with Crippen LogP contribution < -0.4 is 0 Å². The van der Waals surface area contributed by atoms with Gasteiger partial charge in [0.1, 0.15) is 12.4 Å². The van der Waals surface area contributed by atoms with Crippen molar-refractivity contribution in [1.82, 2.24) is 9.55 Å². The lowest BCUT2D eigenvalue weighted by atomic mass is 10.3. The van der Waals surface area contributed by atoms with Crippen molar-refractivity contribution in [1.29, 1.82) is 0 Å².